The van der Waals surface area contributed by atoms with E-state index in [-0.39, 0.29) is 17.9 Å². The van der Waals surface area contributed by atoms with Gasteiger partial charge < -0.3 is 20.4 Å². The number of carbonyl (C=O) groups is 2. The van der Waals surface area contributed by atoms with Gasteiger partial charge in [-0.15, -0.1) is 0 Å². The van der Waals surface area contributed by atoms with E-state index >= 15 is 0 Å². The molecule has 3 atom stereocenters. The third kappa shape index (κ3) is 6.41. The van der Waals surface area contributed by atoms with Crippen molar-refractivity contribution in [2.24, 2.45) is 0 Å². The minimum atomic E-state index is -0.0865. The van der Waals surface area contributed by atoms with Gasteiger partial charge in [0.25, 0.3) is 11.8 Å². The van der Waals surface area contributed by atoms with Gasteiger partial charge in [-0.05, 0) is 12.1 Å². The number of likely N-dealkylation sites (tertiary alicyclic amines) is 1. The lowest BCUT2D eigenvalue weighted by Crippen LogP contribution is -3.09. The summed E-state index contributed by atoms with van der Waals surface area (Å²) in [5.41, 5.74) is 3.11. The third-order valence-electron chi connectivity index (χ3n) is 5.45. The number of hydrogen-bond donors (Lipinski definition) is 4. The van der Waals surface area contributed by atoms with E-state index in [4.69, 9.17) is 0 Å². The van der Waals surface area contributed by atoms with Gasteiger partial charge in [-0.2, -0.15) is 0 Å². The molecule has 2 amide bonds. The Morgan fingerprint density at radius 3 is 2.48 bits per heavy atom. The van der Waals surface area contributed by atoms with Crippen LogP contribution in [0.3, 0.4) is 0 Å². The molecule has 0 aromatic heterocycles. The van der Waals surface area contributed by atoms with Gasteiger partial charge in [0.05, 0.1) is 26.2 Å². The summed E-state index contributed by atoms with van der Waals surface area (Å²) in [7, 11) is 3.65. The molecule has 6 nitrogen and oxygen atoms in total. The van der Waals surface area contributed by atoms with Crippen molar-refractivity contribution in [1.82, 2.24) is 10.6 Å². The summed E-state index contributed by atoms with van der Waals surface area (Å²) in [6.07, 6.45) is 1.04. The molecule has 0 aliphatic carbocycles. The molecule has 29 heavy (non-hydrogen) atoms. The average Bonchev–Trinajstić information content (AvgIpc) is 3.15. The van der Waals surface area contributed by atoms with Gasteiger partial charge in [-0.25, -0.2) is 0 Å². The molecule has 3 rings (SSSR count). The number of carbonyl (C=O) groups excluding carboxylic acids is 2. The van der Waals surface area contributed by atoms with Crippen LogP contribution in [0.25, 0.3) is 0 Å². The molecular weight excluding hydrogens is 364 g/mol. The zero-order chi connectivity index (χ0) is 20.6. The highest BCUT2D eigenvalue weighted by molar-refractivity contribution is 5.93. The van der Waals surface area contributed by atoms with Crippen molar-refractivity contribution in [2.45, 2.75) is 25.6 Å². The maximum atomic E-state index is 12.5. The number of benzene rings is 2. The Morgan fingerprint density at radius 2 is 1.79 bits per heavy atom. The molecule has 0 bridgehead atoms. The molecule has 1 aliphatic heterocycles. The first-order valence-corrected chi connectivity index (χ1v) is 10.3. The number of rotatable bonds is 8. The first-order chi connectivity index (χ1) is 14.0. The maximum Gasteiger partial charge on any atom is 0.275 e. The van der Waals surface area contributed by atoms with Gasteiger partial charge in [0.15, 0.2) is 6.54 Å². The summed E-state index contributed by atoms with van der Waals surface area (Å²) in [6.45, 7) is 4.30. The summed E-state index contributed by atoms with van der Waals surface area (Å²) in [5.74, 6) is 0.0204. The van der Waals surface area contributed by atoms with Crippen molar-refractivity contribution in [3.8, 4) is 0 Å². The fraction of sp³-hybridized carbons (Fsp3) is 0.391. The highest BCUT2D eigenvalue weighted by atomic mass is 16.2. The van der Waals surface area contributed by atoms with Crippen LogP contribution < -0.4 is 20.4 Å². The third-order valence-corrected chi connectivity index (χ3v) is 5.45. The van der Waals surface area contributed by atoms with E-state index in [1.54, 1.807) is 7.05 Å². The first kappa shape index (κ1) is 21.0. The molecule has 6 heteroatoms. The van der Waals surface area contributed by atoms with Gasteiger partial charge in [-0.3, -0.25) is 9.59 Å². The lowest BCUT2D eigenvalue weighted by molar-refractivity contribution is -0.901. The lowest BCUT2D eigenvalue weighted by atomic mass is 10.1. The highest BCUT2D eigenvalue weighted by Crippen LogP contribution is 2.03. The predicted molar refractivity (Wildman–Crippen MR) is 113 cm³/mol. The van der Waals surface area contributed by atoms with Crippen LogP contribution in [0.5, 0.6) is 0 Å². The Hall–Kier alpha value is -2.70. The van der Waals surface area contributed by atoms with E-state index < -0.39 is 0 Å². The Morgan fingerprint density at radius 1 is 1.07 bits per heavy atom. The van der Waals surface area contributed by atoms with Crippen molar-refractivity contribution in [3.05, 3.63) is 71.3 Å². The van der Waals surface area contributed by atoms with Gasteiger partial charge >= 0.3 is 0 Å². The summed E-state index contributed by atoms with van der Waals surface area (Å²) in [4.78, 5) is 26.7. The van der Waals surface area contributed by atoms with Crippen molar-refractivity contribution >= 4 is 11.8 Å². The normalized spacial score (nSPS) is 19.5. The van der Waals surface area contributed by atoms with Gasteiger partial charge in [-0.1, -0.05) is 42.5 Å². The van der Waals surface area contributed by atoms with Crippen LogP contribution in [0.4, 0.5) is 0 Å². The lowest BCUT2D eigenvalue weighted by Gasteiger charge is -2.17. The van der Waals surface area contributed by atoms with Crippen LogP contribution in [0, 0.1) is 0 Å². The summed E-state index contributed by atoms with van der Waals surface area (Å²) >= 11 is 0. The predicted octanol–water partition coefficient (Wildman–Crippen LogP) is -0.965. The molecule has 1 fully saturated rings. The molecule has 4 N–H and O–H groups in total. The minimum Gasteiger partial charge on any atom is -0.355 e. The van der Waals surface area contributed by atoms with Gasteiger partial charge in [0, 0.05) is 30.2 Å². The van der Waals surface area contributed by atoms with Gasteiger partial charge in [0.1, 0.15) is 13.1 Å². The summed E-state index contributed by atoms with van der Waals surface area (Å²) in [5, 5.41) is 5.83. The Labute approximate surface area is 172 Å². The molecule has 2 aromatic rings. The standard InChI is InChI=1S/C23H30N4O2/c1-24-23(29)20-10-8-19(9-11-20)14-26(2)17-22(28)25-21-12-13-27(16-21)15-18-6-4-3-5-7-18/h3-11,21H,12-17H2,1-2H3,(H,24,29)(H,25,28)/p+2/t21-/m1/s1. The average molecular weight is 397 g/mol. The van der Waals surface area contributed by atoms with E-state index in [0.717, 1.165) is 43.1 Å². The Kier molecular flexibility index (Phi) is 7.38. The molecule has 154 valence electrons. The van der Waals surface area contributed by atoms with Crippen LogP contribution in [-0.2, 0) is 17.9 Å². The second-order valence-corrected chi connectivity index (χ2v) is 8.01. The smallest absolute Gasteiger partial charge is 0.275 e. The number of quaternary nitrogens is 2. The topological polar surface area (TPSA) is 67.1 Å². The van der Waals surface area contributed by atoms with Crippen LogP contribution >= 0.6 is 0 Å². The Balaban J connectivity index is 1.40. The number of nitrogens with one attached hydrogen (secondary N) is 4. The molecule has 0 radical (unpaired) electrons. The van der Waals surface area contributed by atoms with E-state index in [1.165, 1.54) is 10.5 Å². The van der Waals surface area contributed by atoms with Crippen LogP contribution in [0.2, 0.25) is 0 Å². The second kappa shape index (κ2) is 10.2. The van der Waals surface area contributed by atoms with Crippen molar-refractivity contribution in [1.29, 1.82) is 0 Å². The molecule has 0 saturated carbocycles. The van der Waals surface area contributed by atoms with Crippen molar-refractivity contribution in [3.63, 3.8) is 0 Å². The van der Waals surface area contributed by atoms with E-state index in [1.807, 2.05) is 37.4 Å². The zero-order valence-electron chi connectivity index (χ0n) is 17.3. The van der Waals surface area contributed by atoms with Crippen molar-refractivity contribution < 1.29 is 19.4 Å². The van der Waals surface area contributed by atoms with Crippen LogP contribution in [0.15, 0.2) is 54.6 Å². The second-order valence-electron chi connectivity index (χ2n) is 8.01. The zero-order valence-corrected chi connectivity index (χ0v) is 17.3. The van der Waals surface area contributed by atoms with Crippen molar-refractivity contribution in [2.75, 3.05) is 33.7 Å². The molecule has 2 aromatic carbocycles. The number of amides is 2. The molecule has 1 heterocycles. The maximum absolute atomic E-state index is 12.5. The molecule has 0 spiro atoms. The van der Waals surface area contributed by atoms with E-state index in [0.29, 0.717) is 12.1 Å². The molecule has 1 aliphatic rings. The fourth-order valence-corrected chi connectivity index (χ4v) is 3.98. The Bertz CT molecular complexity index is 807. The van der Waals surface area contributed by atoms with Gasteiger partial charge in [0.2, 0.25) is 0 Å². The van der Waals surface area contributed by atoms with E-state index in [2.05, 4.69) is 34.9 Å². The number of hydrogen-bond acceptors (Lipinski definition) is 2. The molecule has 1 saturated heterocycles. The van der Waals surface area contributed by atoms with Crippen LogP contribution in [0.1, 0.15) is 27.9 Å². The molecular formula is C23H32N4O2+2. The minimum absolute atomic E-state index is 0.0865. The SMILES string of the molecule is CNC(=O)c1ccc(C[NH+](C)CC(=O)N[C@@H]2CC[NH+](Cc3ccccc3)C2)cc1. The monoisotopic (exact) mass is 396 g/mol. The van der Waals surface area contributed by atoms with Crippen LogP contribution in [-0.4, -0.2) is 51.6 Å². The number of likely N-dealkylation sites (N-methyl/N-ethyl adjacent to an activating group) is 1. The summed E-state index contributed by atoms with van der Waals surface area (Å²) < 4.78 is 0. The fourth-order valence-electron chi connectivity index (χ4n) is 3.98. The quantitative estimate of drug-likeness (QED) is 0.464. The highest BCUT2D eigenvalue weighted by Gasteiger charge is 2.28. The first-order valence-electron chi connectivity index (χ1n) is 10.3. The van der Waals surface area contributed by atoms with E-state index in [9.17, 15) is 9.59 Å². The summed E-state index contributed by atoms with van der Waals surface area (Å²) in [6, 6.07) is 18.3. The molecule has 2 unspecified atom stereocenters. The largest absolute Gasteiger partial charge is 0.355 e.